The van der Waals surface area contributed by atoms with Gasteiger partial charge in [-0.3, -0.25) is 4.98 Å². The van der Waals surface area contributed by atoms with E-state index in [0.717, 1.165) is 24.4 Å². The van der Waals surface area contributed by atoms with Gasteiger partial charge in [0.2, 0.25) is 0 Å². The first-order chi connectivity index (χ1) is 8.22. The van der Waals surface area contributed by atoms with E-state index in [0.29, 0.717) is 6.04 Å². The summed E-state index contributed by atoms with van der Waals surface area (Å²) in [7, 11) is 4.09. The Morgan fingerprint density at radius 3 is 2.71 bits per heavy atom. The molecule has 3 nitrogen and oxygen atoms in total. The van der Waals surface area contributed by atoms with Gasteiger partial charge < -0.3 is 10.2 Å². The molecule has 0 aliphatic carbocycles. The maximum Gasteiger partial charge on any atom is 0.0574 e. The SMILES string of the molecule is CCC(NC)c1ccc(N(C)CCSC)cn1. The van der Waals surface area contributed by atoms with E-state index in [4.69, 9.17) is 0 Å². The van der Waals surface area contributed by atoms with Crippen LogP contribution in [0.2, 0.25) is 0 Å². The Balaban J connectivity index is 2.66. The summed E-state index contributed by atoms with van der Waals surface area (Å²) in [4.78, 5) is 6.78. The van der Waals surface area contributed by atoms with Crippen LogP contribution in [0.25, 0.3) is 0 Å². The number of nitrogens with zero attached hydrogens (tertiary/aromatic N) is 2. The van der Waals surface area contributed by atoms with Gasteiger partial charge in [-0.25, -0.2) is 0 Å². The van der Waals surface area contributed by atoms with Crippen LogP contribution in [0, 0.1) is 0 Å². The van der Waals surface area contributed by atoms with Crippen LogP contribution in [-0.2, 0) is 0 Å². The summed E-state index contributed by atoms with van der Waals surface area (Å²) in [6, 6.07) is 4.64. The number of aromatic nitrogens is 1. The number of thioether (sulfide) groups is 1. The average molecular weight is 253 g/mol. The molecular weight excluding hydrogens is 230 g/mol. The summed E-state index contributed by atoms with van der Waals surface area (Å²) in [5.41, 5.74) is 2.31. The zero-order valence-corrected chi connectivity index (χ0v) is 12.0. The Morgan fingerprint density at radius 2 is 2.24 bits per heavy atom. The van der Waals surface area contributed by atoms with E-state index < -0.39 is 0 Å². The molecule has 96 valence electrons. The molecule has 1 aromatic heterocycles. The summed E-state index contributed by atoms with van der Waals surface area (Å²) in [6.07, 6.45) is 5.16. The molecule has 0 saturated heterocycles. The van der Waals surface area contributed by atoms with Crippen molar-refractivity contribution in [2.45, 2.75) is 19.4 Å². The number of pyridine rings is 1. The number of rotatable bonds is 7. The third kappa shape index (κ3) is 4.21. The van der Waals surface area contributed by atoms with E-state index in [2.05, 4.69) is 47.6 Å². The summed E-state index contributed by atoms with van der Waals surface area (Å²) in [5, 5.41) is 3.27. The van der Waals surface area contributed by atoms with Gasteiger partial charge >= 0.3 is 0 Å². The molecule has 17 heavy (non-hydrogen) atoms. The predicted octanol–water partition coefficient (Wildman–Crippen LogP) is 2.55. The maximum atomic E-state index is 4.54. The first-order valence-corrected chi connectivity index (χ1v) is 7.45. The molecular formula is C13H23N3S. The van der Waals surface area contributed by atoms with Crippen LogP contribution < -0.4 is 10.2 Å². The van der Waals surface area contributed by atoms with E-state index >= 15 is 0 Å². The van der Waals surface area contributed by atoms with Gasteiger partial charge in [0.15, 0.2) is 0 Å². The lowest BCUT2D eigenvalue weighted by Crippen LogP contribution is -2.21. The lowest BCUT2D eigenvalue weighted by Gasteiger charge is -2.19. The first kappa shape index (κ1) is 14.3. The minimum absolute atomic E-state index is 0.362. The highest BCUT2D eigenvalue weighted by atomic mass is 32.2. The largest absolute Gasteiger partial charge is 0.373 e. The minimum atomic E-state index is 0.362. The monoisotopic (exact) mass is 253 g/mol. The van der Waals surface area contributed by atoms with Gasteiger partial charge in [-0.2, -0.15) is 11.8 Å². The van der Waals surface area contributed by atoms with Crippen LogP contribution in [0.1, 0.15) is 25.1 Å². The molecule has 0 amide bonds. The number of nitrogens with one attached hydrogen (secondary N) is 1. The quantitative estimate of drug-likeness (QED) is 0.808. The van der Waals surface area contributed by atoms with E-state index in [-0.39, 0.29) is 0 Å². The van der Waals surface area contributed by atoms with Crippen molar-refractivity contribution in [1.29, 1.82) is 0 Å². The van der Waals surface area contributed by atoms with Gasteiger partial charge in [0.25, 0.3) is 0 Å². The predicted molar refractivity (Wildman–Crippen MR) is 78.0 cm³/mol. The molecule has 1 atom stereocenters. The molecule has 1 unspecified atom stereocenters. The van der Waals surface area contributed by atoms with E-state index in [1.807, 2.05) is 25.0 Å². The lowest BCUT2D eigenvalue weighted by atomic mass is 10.1. The molecule has 0 spiro atoms. The maximum absolute atomic E-state index is 4.54. The zero-order chi connectivity index (χ0) is 12.7. The first-order valence-electron chi connectivity index (χ1n) is 6.06. The standard InChI is InChI=1S/C13H23N3S/c1-5-12(14-2)13-7-6-11(10-15-13)16(3)8-9-17-4/h6-7,10,12,14H,5,8-9H2,1-4H3. The molecule has 0 bridgehead atoms. The van der Waals surface area contributed by atoms with Crippen molar-refractivity contribution >= 4 is 17.4 Å². The summed E-state index contributed by atoms with van der Waals surface area (Å²) in [5.74, 6) is 1.15. The van der Waals surface area contributed by atoms with Crippen molar-refractivity contribution in [2.24, 2.45) is 0 Å². The lowest BCUT2D eigenvalue weighted by molar-refractivity contribution is 0.561. The highest BCUT2D eigenvalue weighted by Gasteiger charge is 2.08. The molecule has 0 saturated carbocycles. The van der Waals surface area contributed by atoms with Gasteiger partial charge in [0.05, 0.1) is 17.6 Å². The molecule has 1 N–H and O–H groups in total. The van der Waals surface area contributed by atoms with Crippen molar-refractivity contribution in [3.05, 3.63) is 24.0 Å². The molecule has 0 fully saturated rings. The van der Waals surface area contributed by atoms with Crippen LogP contribution in [0.5, 0.6) is 0 Å². The second-order valence-corrected chi connectivity index (χ2v) is 5.09. The van der Waals surface area contributed by atoms with Crippen molar-refractivity contribution in [1.82, 2.24) is 10.3 Å². The van der Waals surface area contributed by atoms with Crippen molar-refractivity contribution in [2.75, 3.05) is 37.5 Å². The van der Waals surface area contributed by atoms with Gasteiger partial charge in [0.1, 0.15) is 0 Å². The van der Waals surface area contributed by atoms with Crippen LogP contribution in [0.3, 0.4) is 0 Å². The Bertz CT molecular complexity index is 309. The second kappa shape index (κ2) is 7.56. The van der Waals surface area contributed by atoms with Crippen LogP contribution in [0.15, 0.2) is 18.3 Å². The topological polar surface area (TPSA) is 28.2 Å². The van der Waals surface area contributed by atoms with E-state index in [1.165, 1.54) is 5.69 Å². The molecule has 4 heteroatoms. The highest BCUT2D eigenvalue weighted by molar-refractivity contribution is 7.98. The van der Waals surface area contributed by atoms with Crippen LogP contribution in [-0.4, -0.2) is 37.6 Å². The number of hydrogen-bond acceptors (Lipinski definition) is 4. The Kier molecular flexibility index (Phi) is 6.37. The summed E-state index contributed by atoms with van der Waals surface area (Å²) < 4.78 is 0. The smallest absolute Gasteiger partial charge is 0.0574 e. The summed E-state index contributed by atoms with van der Waals surface area (Å²) >= 11 is 1.87. The summed E-state index contributed by atoms with van der Waals surface area (Å²) in [6.45, 7) is 3.23. The van der Waals surface area contributed by atoms with Crippen molar-refractivity contribution < 1.29 is 0 Å². The van der Waals surface area contributed by atoms with Gasteiger partial charge in [-0.1, -0.05) is 6.92 Å². The number of anilines is 1. The van der Waals surface area contributed by atoms with E-state index in [9.17, 15) is 0 Å². The van der Waals surface area contributed by atoms with Crippen LogP contribution in [0.4, 0.5) is 5.69 Å². The zero-order valence-electron chi connectivity index (χ0n) is 11.2. The Morgan fingerprint density at radius 1 is 1.47 bits per heavy atom. The molecule has 0 aliphatic heterocycles. The van der Waals surface area contributed by atoms with E-state index in [1.54, 1.807) is 0 Å². The van der Waals surface area contributed by atoms with Crippen molar-refractivity contribution in [3.63, 3.8) is 0 Å². The fourth-order valence-electron chi connectivity index (χ4n) is 1.75. The molecule has 1 rings (SSSR count). The second-order valence-electron chi connectivity index (χ2n) is 4.11. The van der Waals surface area contributed by atoms with Crippen molar-refractivity contribution in [3.8, 4) is 0 Å². The molecule has 0 aromatic carbocycles. The molecule has 0 aliphatic rings. The number of hydrogen-bond donors (Lipinski definition) is 1. The molecule has 1 aromatic rings. The third-order valence-corrected chi connectivity index (χ3v) is 3.55. The van der Waals surface area contributed by atoms with Gasteiger partial charge in [0, 0.05) is 25.4 Å². The Labute approximate surface area is 109 Å². The third-order valence-electron chi connectivity index (χ3n) is 2.96. The molecule has 1 heterocycles. The minimum Gasteiger partial charge on any atom is -0.373 e. The highest BCUT2D eigenvalue weighted by Crippen LogP contribution is 2.17. The average Bonchev–Trinajstić information content (AvgIpc) is 2.38. The Hall–Kier alpha value is -0.740. The van der Waals surface area contributed by atoms with Crippen LogP contribution >= 0.6 is 11.8 Å². The van der Waals surface area contributed by atoms with Gasteiger partial charge in [-0.05, 0) is 31.9 Å². The fourth-order valence-corrected chi connectivity index (χ4v) is 2.20. The van der Waals surface area contributed by atoms with Gasteiger partial charge in [-0.15, -0.1) is 0 Å². The normalized spacial score (nSPS) is 12.5. The molecule has 0 radical (unpaired) electrons. The fraction of sp³-hybridized carbons (Fsp3) is 0.615.